The van der Waals surface area contributed by atoms with Gasteiger partial charge < -0.3 is 14.6 Å². The van der Waals surface area contributed by atoms with Crippen LogP contribution in [0, 0.1) is 0 Å². The minimum atomic E-state index is -4.86. The first-order valence-corrected chi connectivity index (χ1v) is 6.51. The van der Waals surface area contributed by atoms with Gasteiger partial charge in [-0.15, -0.1) is 13.2 Å². The van der Waals surface area contributed by atoms with E-state index in [0.717, 1.165) is 31.0 Å². The molecule has 7 heteroatoms. The highest BCUT2D eigenvalue weighted by molar-refractivity contribution is 5.88. The summed E-state index contributed by atoms with van der Waals surface area (Å²) in [6.07, 6.45) is -1.61. The first-order valence-electron chi connectivity index (χ1n) is 6.51. The van der Waals surface area contributed by atoms with E-state index in [1.165, 1.54) is 0 Å². The predicted octanol–water partition coefficient (Wildman–Crippen LogP) is 3.99. The molecule has 1 aliphatic rings. The van der Waals surface area contributed by atoms with Gasteiger partial charge in [-0.3, -0.25) is 0 Å². The molecule has 1 aromatic carbocycles. The summed E-state index contributed by atoms with van der Waals surface area (Å²) in [5, 5.41) is 8.94. The van der Waals surface area contributed by atoms with Crippen molar-refractivity contribution in [1.29, 1.82) is 0 Å². The van der Waals surface area contributed by atoms with Gasteiger partial charge in [0, 0.05) is 0 Å². The third-order valence-electron chi connectivity index (χ3n) is 3.43. The van der Waals surface area contributed by atoms with Gasteiger partial charge in [-0.25, -0.2) is 4.79 Å². The summed E-state index contributed by atoms with van der Waals surface area (Å²) in [5.41, 5.74) is -0.748. The number of halogens is 3. The number of alkyl halides is 3. The van der Waals surface area contributed by atoms with Crippen LogP contribution in [-0.2, 0) is 0 Å². The quantitative estimate of drug-likeness (QED) is 0.913. The third-order valence-corrected chi connectivity index (χ3v) is 3.43. The zero-order valence-electron chi connectivity index (χ0n) is 11.4. The summed E-state index contributed by atoms with van der Waals surface area (Å²) in [6.45, 7) is 1.80. The zero-order chi connectivity index (χ0) is 15.7. The Bertz CT molecular complexity index is 534. The van der Waals surface area contributed by atoms with Crippen LogP contribution in [0.4, 0.5) is 13.2 Å². The van der Waals surface area contributed by atoms with Crippen LogP contribution in [0.3, 0.4) is 0 Å². The van der Waals surface area contributed by atoms with Crippen LogP contribution in [0.1, 0.15) is 43.0 Å². The van der Waals surface area contributed by atoms with Crippen molar-refractivity contribution in [1.82, 2.24) is 0 Å². The maximum absolute atomic E-state index is 12.4. The van der Waals surface area contributed by atoms with Crippen molar-refractivity contribution >= 4 is 5.97 Å². The second-order valence-corrected chi connectivity index (χ2v) is 5.27. The van der Waals surface area contributed by atoms with Crippen molar-refractivity contribution in [3.8, 4) is 11.5 Å². The topological polar surface area (TPSA) is 55.8 Å². The Labute approximate surface area is 119 Å². The lowest BCUT2D eigenvalue weighted by molar-refractivity contribution is -0.275. The van der Waals surface area contributed by atoms with Crippen LogP contribution < -0.4 is 9.47 Å². The van der Waals surface area contributed by atoms with Gasteiger partial charge in [-0.05, 0) is 50.8 Å². The van der Waals surface area contributed by atoms with Crippen LogP contribution >= 0.6 is 0 Å². The SMILES string of the molecule is CC1(Oc2cc(C(=O)O)ccc2OC(F)(F)F)CCCC1. The number of carboxylic acids is 1. The molecule has 116 valence electrons. The zero-order valence-corrected chi connectivity index (χ0v) is 11.4. The lowest BCUT2D eigenvalue weighted by atomic mass is 10.1. The average Bonchev–Trinajstić information content (AvgIpc) is 2.76. The molecule has 0 amide bonds. The summed E-state index contributed by atoms with van der Waals surface area (Å²) in [7, 11) is 0. The van der Waals surface area contributed by atoms with E-state index in [0.29, 0.717) is 12.8 Å². The summed E-state index contributed by atoms with van der Waals surface area (Å²) in [5.74, 6) is -1.97. The number of aromatic carboxylic acids is 1. The monoisotopic (exact) mass is 304 g/mol. The number of ether oxygens (including phenoxy) is 2. The highest BCUT2D eigenvalue weighted by atomic mass is 19.4. The predicted molar refractivity (Wildman–Crippen MR) is 67.6 cm³/mol. The molecule has 1 N–H and O–H groups in total. The van der Waals surface area contributed by atoms with Crippen LogP contribution in [0.25, 0.3) is 0 Å². The van der Waals surface area contributed by atoms with E-state index in [-0.39, 0.29) is 11.3 Å². The molecule has 4 nitrogen and oxygen atoms in total. The molecule has 0 spiro atoms. The van der Waals surface area contributed by atoms with Gasteiger partial charge in [0.25, 0.3) is 0 Å². The fourth-order valence-corrected chi connectivity index (χ4v) is 2.42. The van der Waals surface area contributed by atoms with Gasteiger partial charge in [-0.1, -0.05) is 0 Å². The van der Waals surface area contributed by atoms with E-state index in [1.807, 2.05) is 0 Å². The van der Waals surface area contributed by atoms with E-state index in [9.17, 15) is 18.0 Å². The summed E-state index contributed by atoms with van der Waals surface area (Å²) in [4.78, 5) is 10.9. The maximum atomic E-state index is 12.4. The van der Waals surface area contributed by atoms with E-state index >= 15 is 0 Å². The van der Waals surface area contributed by atoms with Crippen molar-refractivity contribution in [3.63, 3.8) is 0 Å². The average molecular weight is 304 g/mol. The molecule has 0 saturated heterocycles. The number of benzene rings is 1. The van der Waals surface area contributed by atoms with Crippen LogP contribution in [-0.4, -0.2) is 23.0 Å². The van der Waals surface area contributed by atoms with Gasteiger partial charge in [0.1, 0.15) is 5.60 Å². The fraction of sp³-hybridized carbons (Fsp3) is 0.500. The molecule has 1 fully saturated rings. The highest BCUT2D eigenvalue weighted by Crippen LogP contribution is 2.39. The molecule has 0 atom stereocenters. The molecular formula is C14H15F3O4. The van der Waals surface area contributed by atoms with Gasteiger partial charge in [-0.2, -0.15) is 0 Å². The highest BCUT2D eigenvalue weighted by Gasteiger charge is 2.35. The minimum absolute atomic E-state index is 0.152. The van der Waals surface area contributed by atoms with Crippen molar-refractivity contribution in [3.05, 3.63) is 23.8 Å². The Balaban J connectivity index is 2.33. The maximum Gasteiger partial charge on any atom is 0.573 e. The van der Waals surface area contributed by atoms with Gasteiger partial charge in [0.2, 0.25) is 0 Å². The second-order valence-electron chi connectivity index (χ2n) is 5.27. The summed E-state index contributed by atoms with van der Waals surface area (Å²) < 4.78 is 46.7. The summed E-state index contributed by atoms with van der Waals surface area (Å²) in [6, 6.07) is 3.07. The van der Waals surface area contributed by atoms with Crippen molar-refractivity contribution in [2.75, 3.05) is 0 Å². The molecule has 0 radical (unpaired) electrons. The van der Waals surface area contributed by atoms with Gasteiger partial charge >= 0.3 is 12.3 Å². The van der Waals surface area contributed by atoms with Gasteiger partial charge in [0.05, 0.1) is 5.56 Å². The Morgan fingerprint density at radius 2 is 1.86 bits per heavy atom. The van der Waals surface area contributed by atoms with Crippen molar-refractivity contribution in [2.45, 2.75) is 44.6 Å². The van der Waals surface area contributed by atoms with Crippen molar-refractivity contribution < 1.29 is 32.5 Å². The molecule has 1 saturated carbocycles. The lowest BCUT2D eigenvalue weighted by Gasteiger charge is -2.27. The number of hydrogen-bond acceptors (Lipinski definition) is 3. The third kappa shape index (κ3) is 4.03. The molecule has 1 aromatic rings. The molecule has 21 heavy (non-hydrogen) atoms. The number of carboxylic acid groups (broad SMARTS) is 1. The lowest BCUT2D eigenvalue weighted by Crippen LogP contribution is -2.29. The molecule has 0 unspecified atom stereocenters. The van der Waals surface area contributed by atoms with E-state index in [2.05, 4.69) is 4.74 Å². The molecule has 0 aliphatic heterocycles. The Morgan fingerprint density at radius 1 is 1.24 bits per heavy atom. The Morgan fingerprint density at radius 3 is 2.38 bits per heavy atom. The second kappa shape index (κ2) is 5.46. The molecule has 0 bridgehead atoms. The normalized spacial score (nSPS) is 17.5. The van der Waals surface area contributed by atoms with Crippen LogP contribution in [0.2, 0.25) is 0 Å². The van der Waals surface area contributed by atoms with Crippen molar-refractivity contribution in [2.24, 2.45) is 0 Å². The minimum Gasteiger partial charge on any atom is -0.484 e. The summed E-state index contributed by atoms with van der Waals surface area (Å²) >= 11 is 0. The number of hydrogen-bond donors (Lipinski definition) is 1. The van der Waals surface area contributed by atoms with E-state index in [4.69, 9.17) is 9.84 Å². The smallest absolute Gasteiger partial charge is 0.484 e. The molecule has 0 aromatic heterocycles. The van der Waals surface area contributed by atoms with Gasteiger partial charge in [0.15, 0.2) is 11.5 Å². The number of carbonyl (C=O) groups is 1. The first kappa shape index (κ1) is 15.5. The molecule has 2 rings (SSSR count). The number of rotatable bonds is 4. The molecule has 1 aliphatic carbocycles. The van der Waals surface area contributed by atoms with E-state index < -0.39 is 23.7 Å². The Hall–Kier alpha value is -1.92. The molecular weight excluding hydrogens is 289 g/mol. The Kier molecular flexibility index (Phi) is 4.02. The van der Waals surface area contributed by atoms with Crippen LogP contribution in [0.5, 0.6) is 11.5 Å². The van der Waals surface area contributed by atoms with Crippen LogP contribution in [0.15, 0.2) is 18.2 Å². The van der Waals surface area contributed by atoms with E-state index in [1.54, 1.807) is 6.92 Å². The standard InChI is InChI=1S/C14H15F3O4/c1-13(6-2-3-7-13)20-11-8-9(12(18)19)4-5-10(11)21-14(15,16)17/h4-5,8H,2-3,6-7H2,1H3,(H,18,19). The largest absolute Gasteiger partial charge is 0.573 e. The fourth-order valence-electron chi connectivity index (χ4n) is 2.42. The molecule has 0 heterocycles. The first-order chi connectivity index (χ1) is 9.69.